The largest absolute Gasteiger partial charge is 0.397 e. The molecule has 3 rings (SSSR count). The zero-order valence-electron chi connectivity index (χ0n) is 14.8. The monoisotopic (exact) mass is 399 g/mol. The van der Waals surface area contributed by atoms with Gasteiger partial charge in [0.05, 0.1) is 11.3 Å². The van der Waals surface area contributed by atoms with Crippen LogP contribution in [0.1, 0.15) is 46.1 Å². The van der Waals surface area contributed by atoms with Crippen molar-refractivity contribution in [3.8, 4) is 6.07 Å². The Labute approximate surface area is 165 Å². The number of thiophene rings is 1. The fourth-order valence-electron chi connectivity index (χ4n) is 2.96. The number of hydrogen-bond donors (Lipinski definition) is 3. The molecule has 1 aromatic carbocycles. The number of carbonyl (C=O) groups is 1. The van der Waals surface area contributed by atoms with Crippen LogP contribution < -0.4 is 16.8 Å². The van der Waals surface area contributed by atoms with Crippen molar-refractivity contribution < 1.29 is 4.79 Å². The lowest BCUT2D eigenvalue weighted by Crippen LogP contribution is -2.22. The predicted octanol–water partition coefficient (Wildman–Crippen LogP) is 4.04. The molecule has 0 spiro atoms. The second-order valence-corrected chi connectivity index (χ2v) is 7.76. The highest BCUT2D eigenvalue weighted by Gasteiger charge is 2.24. The molecule has 0 atom stereocenters. The standard InChI is InChI=1S/C19H18ClN5OS/c1-9(2)13-11(7-21)17(23)25-19-14(13)15(22)16(27-19)18(26)24-8-10-5-3-4-6-12(10)20/h3-6,9H,8,22H2,1-2H3,(H2,23,25)(H,24,26). The van der Waals surface area contributed by atoms with Gasteiger partial charge in [-0.15, -0.1) is 11.3 Å². The molecule has 0 saturated carbocycles. The number of amides is 1. The van der Waals surface area contributed by atoms with E-state index in [4.69, 9.17) is 23.1 Å². The van der Waals surface area contributed by atoms with Crippen LogP contribution in [-0.4, -0.2) is 10.9 Å². The maximum atomic E-state index is 12.7. The number of hydrogen-bond acceptors (Lipinski definition) is 6. The van der Waals surface area contributed by atoms with Gasteiger partial charge < -0.3 is 16.8 Å². The number of carbonyl (C=O) groups excluding carboxylic acids is 1. The van der Waals surface area contributed by atoms with Crippen LogP contribution in [0.25, 0.3) is 10.2 Å². The summed E-state index contributed by atoms with van der Waals surface area (Å²) in [5.41, 5.74) is 14.4. The average molecular weight is 400 g/mol. The second-order valence-electron chi connectivity index (χ2n) is 6.35. The minimum atomic E-state index is -0.317. The third-order valence-corrected chi connectivity index (χ3v) is 5.70. The lowest BCUT2D eigenvalue weighted by Gasteiger charge is -2.12. The molecule has 138 valence electrons. The van der Waals surface area contributed by atoms with E-state index in [1.165, 1.54) is 11.3 Å². The molecule has 2 aromatic heterocycles. The van der Waals surface area contributed by atoms with Crippen molar-refractivity contribution >= 4 is 50.6 Å². The molecular formula is C19H18ClN5OS. The maximum Gasteiger partial charge on any atom is 0.263 e. The first-order valence-electron chi connectivity index (χ1n) is 8.28. The van der Waals surface area contributed by atoms with Crippen molar-refractivity contribution in [2.75, 3.05) is 11.5 Å². The average Bonchev–Trinajstić information content (AvgIpc) is 2.95. The molecule has 27 heavy (non-hydrogen) atoms. The number of nitrogen functional groups attached to an aromatic ring is 2. The van der Waals surface area contributed by atoms with Crippen molar-refractivity contribution in [2.24, 2.45) is 0 Å². The Morgan fingerprint density at radius 3 is 2.70 bits per heavy atom. The van der Waals surface area contributed by atoms with Gasteiger partial charge in [-0.2, -0.15) is 5.26 Å². The fraction of sp³-hybridized carbons (Fsp3) is 0.211. The molecule has 0 radical (unpaired) electrons. The quantitative estimate of drug-likeness (QED) is 0.611. The zero-order valence-corrected chi connectivity index (χ0v) is 16.4. The van der Waals surface area contributed by atoms with Crippen molar-refractivity contribution in [3.05, 3.63) is 50.9 Å². The minimum Gasteiger partial charge on any atom is -0.397 e. The number of anilines is 2. The van der Waals surface area contributed by atoms with Crippen LogP contribution in [0.5, 0.6) is 0 Å². The fourth-order valence-corrected chi connectivity index (χ4v) is 4.20. The highest BCUT2D eigenvalue weighted by Crippen LogP contribution is 2.40. The van der Waals surface area contributed by atoms with E-state index >= 15 is 0 Å². The van der Waals surface area contributed by atoms with Gasteiger partial charge in [0.25, 0.3) is 5.91 Å². The van der Waals surface area contributed by atoms with Gasteiger partial charge in [0.15, 0.2) is 0 Å². The van der Waals surface area contributed by atoms with Crippen molar-refractivity contribution in [1.29, 1.82) is 5.26 Å². The van der Waals surface area contributed by atoms with Crippen molar-refractivity contribution in [1.82, 2.24) is 10.3 Å². The van der Waals surface area contributed by atoms with Crippen LogP contribution in [0, 0.1) is 11.3 Å². The Balaban J connectivity index is 2.02. The first-order valence-corrected chi connectivity index (χ1v) is 9.47. The number of aromatic nitrogens is 1. The molecule has 0 aliphatic carbocycles. The molecule has 0 aliphatic rings. The second kappa shape index (κ2) is 7.43. The van der Waals surface area contributed by atoms with E-state index in [9.17, 15) is 10.1 Å². The Kier molecular flexibility index (Phi) is 5.22. The van der Waals surface area contributed by atoms with Gasteiger partial charge in [-0.3, -0.25) is 4.79 Å². The summed E-state index contributed by atoms with van der Waals surface area (Å²) in [7, 11) is 0. The number of halogens is 1. The summed E-state index contributed by atoms with van der Waals surface area (Å²) in [6.07, 6.45) is 0. The van der Waals surface area contributed by atoms with Crippen LogP contribution in [0.3, 0.4) is 0 Å². The third-order valence-electron chi connectivity index (χ3n) is 4.24. The van der Waals surface area contributed by atoms with Gasteiger partial charge in [-0.25, -0.2) is 4.98 Å². The lowest BCUT2D eigenvalue weighted by molar-refractivity contribution is 0.0956. The molecule has 1 amide bonds. The van der Waals surface area contributed by atoms with Crippen LogP contribution in [0.15, 0.2) is 24.3 Å². The molecule has 3 aromatic rings. The summed E-state index contributed by atoms with van der Waals surface area (Å²) in [5, 5.41) is 13.5. The molecule has 8 heteroatoms. The molecule has 0 saturated heterocycles. The first kappa shape index (κ1) is 19.0. The summed E-state index contributed by atoms with van der Waals surface area (Å²) in [6, 6.07) is 9.39. The van der Waals surface area contributed by atoms with E-state index in [0.717, 1.165) is 11.1 Å². The number of nitrogens with two attached hydrogens (primary N) is 2. The van der Waals surface area contributed by atoms with Crippen LogP contribution >= 0.6 is 22.9 Å². The van der Waals surface area contributed by atoms with E-state index in [1.54, 1.807) is 6.07 Å². The van der Waals surface area contributed by atoms with E-state index < -0.39 is 0 Å². The number of pyridine rings is 1. The van der Waals surface area contributed by atoms with Crippen molar-refractivity contribution in [3.63, 3.8) is 0 Å². The van der Waals surface area contributed by atoms with Crippen LogP contribution in [0.2, 0.25) is 5.02 Å². The number of nitriles is 1. The van der Waals surface area contributed by atoms with Crippen LogP contribution in [0.4, 0.5) is 11.5 Å². The molecule has 0 bridgehead atoms. The summed E-state index contributed by atoms with van der Waals surface area (Å²) >= 11 is 7.29. The highest BCUT2D eigenvalue weighted by molar-refractivity contribution is 7.21. The van der Waals surface area contributed by atoms with Gasteiger partial charge in [0.1, 0.15) is 21.6 Å². The normalized spacial score (nSPS) is 10.9. The topological polar surface area (TPSA) is 118 Å². The summed E-state index contributed by atoms with van der Waals surface area (Å²) in [5.74, 6) is -0.163. The van der Waals surface area contributed by atoms with Gasteiger partial charge in [-0.05, 0) is 23.1 Å². The molecule has 0 unspecified atom stereocenters. The van der Waals surface area contributed by atoms with E-state index in [0.29, 0.717) is 31.4 Å². The number of nitrogens with one attached hydrogen (secondary N) is 1. The number of rotatable bonds is 4. The van der Waals surface area contributed by atoms with Crippen molar-refractivity contribution in [2.45, 2.75) is 26.3 Å². The Bertz CT molecular complexity index is 1080. The third kappa shape index (κ3) is 3.42. The van der Waals surface area contributed by atoms with Crippen LogP contribution in [-0.2, 0) is 6.54 Å². The van der Waals surface area contributed by atoms with Gasteiger partial charge in [0, 0.05) is 17.0 Å². The van der Waals surface area contributed by atoms with Gasteiger partial charge >= 0.3 is 0 Å². The molecule has 0 fully saturated rings. The van der Waals surface area contributed by atoms with E-state index in [1.807, 2.05) is 32.0 Å². The predicted molar refractivity (Wildman–Crippen MR) is 110 cm³/mol. The Morgan fingerprint density at radius 1 is 1.37 bits per heavy atom. The Morgan fingerprint density at radius 2 is 2.07 bits per heavy atom. The highest BCUT2D eigenvalue weighted by atomic mass is 35.5. The van der Waals surface area contributed by atoms with Gasteiger partial charge in [-0.1, -0.05) is 43.6 Å². The number of nitrogens with zero attached hydrogens (tertiary/aromatic N) is 2. The maximum absolute atomic E-state index is 12.7. The summed E-state index contributed by atoms with van der Waals surface area (Å²) < 4.78 is 0. The molecule has 0 aliphatic heterocycles. The number of benzene rings is 1. The van der Waals surface area contributed by atoms with E-state index in [-0.39, 0.29) is 24.2 Å². The molecular weight excluding hydrogens is 382 g/mol. The smallest absolute Gasteiger partial charge is 0.263 e. The minimum absolute atomic E-state index is 0.00314. The SMILES string of the molecule is CC(C)c1c(C#N)c(N)nc2sc(C(=O)NCc3ccccc3Cl)c(N)c12. The summed E-state index contributed by atoms with van der Waals surface area (Å²) in [4.78, 5) is 17.9. The summed E-state index contributed by atoms with van der Waals surface area (Å²) in [6.45, 7) is 4.18. The molecule has 2 heterocycles. The van der Waals surface area contributed by atoms with E-state index in [2.05, 4.69) is 16.4 Å². The molecule has 5 N–H and O–H groups in total. The lowest BCUT2D eigenvalue weighted by atomic mass is 9.95. The molecule has 6 nitrogen and oxygen atoms in total. The Hall–Kier alpha value is -2.82. The zero-order chi connectivity index (χ0) is 19.7. The number of fused-ring (bicyclic) bond motifs is 1. The van der Waals surface area contributed by atoms with Gasteiger partial charge in [0.2, 0.25) is 0 Å². The first-order chi connectivity index (χ1) is 12.8.